The molecule has 5 heteroatoms. The van der Waals surface area contributed by atoms with Crippen molar-refractivity contribution in [1.29, 1.82) is 0 Å². The normalized spacial score (nSPS) is 24.9. The van der Waals surface area contributed by atoms with Gasteiger partial charge in [0.15, 0.2) is 5.78 Å². The summed E-state index contributed by atoms with van der Waals surface area (Å²) in [6.45, 7) is 4.04. The van der Waals surface area contributed by atoms with E-state index in [0.717, 1.165) is 19.4 Å². The van der Waals surface area contributed by atoms with Crippen LogP contribution in [0.5, 0.6) is 0 Å². The van der Waals surface area contributed by atoms with Crippen LogP contribution in [0.15, 0.2) is 23.5 Å². The molecule has 1 saturated heterocycles. The Bertz CT molecular complexity index is 438. The number of carbonyl (C=O) groups is 2. The number of amides is 1. The van der Waals surface area contributed by atoms with Gasteiger partial charge in [0, 0.05) is 18.2 Å². The monoisotopic (exact) mass is 250 g/mol. The zero-order valence-electron chi connectivity index (χ0n) is 10.6. The van der Waals surface area contributed by atoms with Gasteiger partial charge in [0.05, 0.1) is 12.1 Å². The van der Waals surface area contributed by atoms with E-state index in [1.54, 1.807) is 13.8 Å². The zero-order chi connectivity index (χ0) is 13.3. The Labute approximate surface area is 106 Å². The maximum Gasteiger partial charge on any atom is 0.252 e. The number of fused-ring (bicyclic) bond motifs is 1. The Morgan fingerprint density at radius 2 is 2.39 bits per heavy atom. The molecule has 18 heavy (non-hydrogen) atoms. The minimum absolute atomic E-state index is 0.0694. The van der Waals surface area contributed by atoms with E-state index in [1.165, 1.54) is 12.2 Å². The molecule has 0 spiro atoms. The summed E-state index contributed by atoms with van der Waals surface area (Å²) in [7, 11) is 0. The Morgan fingerprint density at radius 3 is 3.06 bits per heavy atom. The Balaban J connectivity index is 2.04. The number of aliphatic hydroxyl groups is 1. The molecule has 1 fully saturated rings. The molecule has 2 aliphatic heterocycles. The highest BCUT2D eigenvalue weighted by Crippen LogP contribution is 2.27. The summed E-state index contributed by atoms with van der Waals surface area (Å²) in [6, 6.07) is -0.0821. The molecule has 0 aromatic heterocycles. The van der Waals surface area contributed by atoms with Crippen LogP contribution in [0.4, 0.5) is 0 Å². The molecule has 0 aliphatic carbocycles. The van der Waals surface area contributed by atoms with Gasteiger partial charge in [-0.2, -0.15) is 0 Å². The second-order valence-electron chi connectivity index (χ2n) is 4.83. The first-order valence-electron chi connectivity index (χ1n) is 6.19. The summed E-state index contributed by atoms with van der Waals surface area (Å²) in [5.41, 5.74) is 0.445. The first kappa shape index (κ1) is 12.8. The molecular formula is C13H18N2O3. The smallest absolute Gasteiger partial charge is 0.252 e. The van der Waals surface area contributed by atoms with Gasteiger partial charge in [-0.25, -0.2) is 0 Å². The molecule has 2 rings (SSSR count). The van der Waals surface area contributed by atoms with Crippen LogP contribution in [-0.4, -0.2) is 40.4 Å². The van der Waals surface area contributed by atoms with Crippen LogP contribution in [0.25, 0.3) is 0 Å². The molecule has 2 aliphatic rings. The third kappa shape index (κ3) is 2.46. The van der Waals surface area contributed by atoms with Gasteiger partial charge in [-0.3, -0.25) is 9.59 Å². The van der Waals surface area contributed by atoms with Gasteiger partial charge in [-0.15, -0.1) is 0 Å². The lowest BCUT2D eigenvalue weighted by Gasteiger charge is -2.21. The third-order valence-corrected chi connectivity index (χ3v) is 3.26. The highest BCUT2D eigenvalue weighted by molar-refractivity contribution is 6.00. The summed E-state index contributed by atoms with van der Waals surface area (Å²) in [5.74, 6) is 0.383. The second-order valence-corrected chi connectivity index (χ2v) is 4.83. The highest BCUT2D eigenvalue weighted by atomic mass is 16.3. The first-order chi connectivity index (χ1) is 8.49. The predicted octanol–water partition coefficient (Wildman–Crippen LogP) is 0.318. The van der Waals surface area contributed by atoms with Gasteiger partial charge in [-0.1, -0.05) is 0 Å². The van der Waals surface area contributed by atoms with Gasteiger partial charge in [0.25, 0.3) is 5.91 Å². The van der Waals surface area contributed by atoms with E-state index in [0.29, 0.717) is 11.4 Å². The number of nitrogens with one attached hydrogen (secondary N) is 1. The molecule has 0 bridgehead atoms. The van der Waals surface area contributed by atoms with Crippen molar-refractivity contribution in [3.63, 3.8) is 0 Å². The molecule has 0 aromatic carbocycles. The van der Waals surface area contributed by atoms with Gasteiger partial charge in [0.1, 0.15) is 5.82 Å². The molecular weight excluding hydrogens is 232 g/mol. The average Bonchev–Trinajstić information content (AvgIpc) is 2.83. The van der Waals surface area contributed by atoms with Crippen molar-refractivity contribution in [1.82, 2.24) is 10.2 Å². The lowest BCUT2D eigenvalue weighted by molar-refractivity contribution is -0.118. The highest BCUT2D eigenvalue weighted by Gasteiger charge is 2.37. The Kier molecular flexibility index (Phi) is 3.52. The molecule has 0 aromatic rings. The third-order valence-electron chi connectivity index (χ3n) is 3.26. The molecule has 0 saturated carbocycles. The SMILES string of the molecule is CC(=CC(C)O)C(=O)NC1=CC(=O)C2CCCN12. The van der Waals surface area contributed by atoms with E-state index in [2.05, 4.69) is 5.32 Å². The van der Waals surface area contributed by atoms with Crippen LogP contribution in [0.2, 0.25) is 0 Å². The number of carbonyl (C=O) groups excluding carboxylic acids is 2. The number of hydrogen-bond donors (Lipinski definition) is 2. The van der Waals surface area contributed by atoms with Crippen LogP contribution in [0.3, 0.4) is 0 Å². The fourth-order valence-electron chi connectivity index (χ4n) is 2.42. The average molecular weight is 250 g/mol. The summed E-state index contributed by atoms with van der Waals surface area (Å²) in [5, 5.41) is 11.9. The lowest BCUT2D eigenvalue weighted by Crippen LogP contribution is -2.35. The summed E-state index contributed by atoms with van der Waals surface area (Å²) in [4.78, 5) is 25.5. The number of hydrogen-bond acceptors (Lipinski definition) is 4. The number of ketones is 1. The van der Waals surface area contributed by atoms with Crippen molar-refractivity contribution in [2.24, 2.45) is 0 Å². The van der Waals surface area contributed by atoms with Crippen molar-refractivity contribution < 1.29 is 14.7 Å². The van der Waals surface area contributed by atoms with Crippen LogP contribution in [0.1, 0.15) is 26.7 Å². The standard InChI is InChI=1S/C13H18N2O3/c1-8(6-9(2)16)13(18)14-12-7-11(17)10-4-3-5-15(10)12/h6-7,9-10,16H,3-5H2,1-2H3,(H,14,18). The molecule has 2 N–H and O–H groups in total. The molecule has 1 amide bonds. The fourth-order valence-corrected chi connectivity index (χ4v) is 2.42. The molecule has 2 atom stereocenters. The minimum Gasteiger partial charge on any atom is -0.389 e. The summed E-state index contributed by atoms with van der Waals surface area (Å²) in [6.07, 6.45) is 4.16. The molecule has 2 heterocycles. The van der Waals surface area contributed by atoms with Crippen molar-refractivity contribution in [2.45, 2.75) is 38.8 Å². The summed E-state index contributed by atoms with van der Waals surface area (Å²) < 4.78 is 0. The number of nitrogens with zero attached hydrogens (tertiary/aromatic N) is 1. The topological polar surface area (TPSA) is 69.6 Å². The van der Waals surface area contributed by atoms with Crippen molar-refractivity contribution in [3.05, 3.63) is 23.5 Å². The van der Waals surface area contributed by atoms with Crippen LogP contribution < -0.4 is 5.32 Å². The van der Waals surface area contributed by atoms with Crippen LogP contribution >= 0.6 is 0 Å². The maximum absolute atomic E-state index is 11.9. The van der Waals surface area contributed by atoms with Gasteiger partial charge in [0.2, 0.25) is 0 Å². The minimum atomic E-state index is -0.658. The molecule has 0 radical (unpaired) electrons. The molecule has 5 nitrogen and oxygen atoms in total. The van der Waals surface area contributed by atoms with Crippen LogP contribution in [0, 0.1) is 0 Å². The van der Waals surface area contributed by atoms with E-state index in [4.69, 9.17) is 0 Å². The van der Waals surface area contributed by atoms with Crippen molar-refractivity contribution in [3.8, 4) is 0 Å². The number of rotatable bonds is 3. The Hall–Kier alpha value is -1.62. The van der Waals surface area contributed by atoms with Crippen molar-refractivity contribution in [2.75, 3.05) is 6.54 Å². The van der Waals surface area contributed by atoms with E-state index >= 15 is 0 Å². The second kappa shape index (κ2) is 4.94. The van der Waals surface area contributed by atoms with E-state index in [-0.39, 0.29) is 17.7 Å². The molecule has 98 valence electrons. The largest absolute Gasteiger partial charge is 0.389 e. The van der Waals surface area contributed by atoms with E-state index < -0.39 is 6.10 Å². The number of aliphatic hydroxyl groups excluding tert-OH is 1. The van der Waals surface area contributed by atoms with Crippen molar-refractivity contribution >= 4 is 11.7 Å². The molecule has 2 unspecified atom stereocenters. The van der Waals surface area contributed by atoms with Gasteiger partial charge >= 0.3 is 0 Å². The van der Waals surface area contributed by atoms with E-state index in [9.17, 15) is 14.7 Å². The lowest BCUT2D eigenvalue weighted by atomic mass is 10.2. The summed E-state index contributed by atoms with van der Waals surface area (Å²) >= 11 is 0. The fraction of sp³-hybridized carbons (Fsp3) is 0.538. The van der Waals surface area contributed by atoms with Gasteiger partial charge < -0.3 is 15.3 Å². The maximum atomic E-state index is 11.9. The predicted molar refractivity (Wildman–Crippen MR) is 66.4 cm³/mol. The Morgan fingerprint density at radius 1 is 1.67 bits per heavy atom. The zero-order valence-corrected chi connectivity index (χ0v) is 10.6. The first-order valence-corrected chi connectivity index (χ1v) is 6.19. The van der Waals surface area contributed by atoms with E-state index in [1.807, 2.05) is 4.90 Å². The van der Waals surface area contributed by atoms with Gasteiger partial charge in [-0.05, 0) is 32.8 Å². The quantitative estimate of drug-likeness (QED) is 0.708. The van der Waals surface area contributed by atoms with Crippen LogP contribution in [-0.2, 0) is 9.59 Å².